The summed E-state index contributed by atoms with van der Waals surface area (Å²) in [6.45, 7) is 0.562. The summed E-state index contributed by atoms with van der Waals surface area (Å²) in [6, 6.07) is 15.8. The van der Waals surface area contributed by atoms with Crippen molar-refractivity contribution in [2.45, 2.75) is 11.7 Å². The number of rotatable bonds is 8. The van der Waals surface area contributed by atoms with Crippen LogP contribution >= 0.6 is 11.8 Å². The number of carbonyl (C=O) groups excluding carboxylic acids is 1. The number of methoxy groups -OCH3 is 1. The summed E-state index contributed by atoms with van der Waals surface area (Å²) in [4.78, 5) is 16.4. The minimum Gasteiger partial charge on any atom is -0.495 e. The number of hydrogen-bond donors (Lipinski definition) is 0. The molecule has 0 fully saturated rings. The Morgan fingerprint density at radius 1 is 1.10 bits per heavy atom. The van der Waals surface area contributed by atoms with Crippen LogP contribution in [0, 0.1) is 0 Å². The first-order valence-electron chi connectivity index (χ1n) is 9.16. The quantitative estimate of drug-likeness (QED) is 0.531. The van der Waals surface area contributed by atoms with E-state index in [-0.39, 0.29) is 11.7 Å². The summed E-state index contributed by atoms with van der Waals surface area (Å²) in [7, 11) is 7.45. The number of aromatic nitrogens is 3. The number of benzene rings is 2. The van der Waals surface area contributed by atoms with E-state index < -0.39 is 0 Å². The molecule has 1 amide bonds. The number of amides is 1. The lowest BCUT2D eigenvalue weighted by Gasteiger charge is -2.18. The Balaban J connectivity index is 1.62. The van der Waals surface area contributed by atoms with Crippen LogP contribution in [0.3, 0.4) is 0 Å². The van der Waals surface area contributed by atoms with Crippen LogP contribution in [0.4, 0.5) is 5.69 Å². The topological polar surface area (TPSA) is 63.5 Å². The fourth-order valence-corrected chi connectivity index (χ4v) is 3.68. The van der Waals surface area contributed by atoms with Gasteiger partial charge in [0.15, 0.2) is 5.16 Å². The highest BCUT2D eigenvalue weighted by Gasteiger charge is 2.15. The molecule has 0 N–H and O–H groups in total. The fourth-order valence-electron chi connectivity index (χ4n) is 2.81. The largest absolute Gasteiger partial charge is 0.495 e. The minimum atomic E-state index is 0.0289. The molecule has 0 atom stereocenters. The zero-order valence-corrected chi connectivity index (χ0v) is 17.9. The summed E-state index contributed by atoms with van der Waals surface area (Å²) < 4.78 is 7.24. The van der Waals surface area contributed by atoms with Gasteiger partial charge in [0.05, 0.1) is 18.6 Å². The van der Waals surface area contributed by atoms with Crippen LogP contribution in [0.5, 0.6) is 5.75 Å². The highest BCUT2D eigenvalue weighted by atomic mass is 32.2. The van der Waals surface area contributed by atoms with Gasteiger partial charge in [-0.15, -0.1) is 10.2 Å². The molecule has 3 rings (SSSR count). The molecule has 0 unspecified atom stereocenters. The first-order chi connectivity index (χ1) is 14.0. The van der Waals surface area contributed by atoms with Crippen molar-refractivity contribution in [3.63, 3.8) is 0 Å². The van der Waals surface area contributed by atoms with E-state index in [1.807, 2.05) is 67.0 Å². The third-order valence-electron chi connectivity index (χ3n) is 4.48. The Morgan fingerprint density at radius 3 is 2.52 bits per heavy atom. The van der Waals surface area contributed by atoms with Crippen molar-refractivity contribution in [1.29, 1.82) is 0 Å². The summed E-state index contributed by atoms with van der Waals surface area (Å²) in [5, 5.41) is 8.79. The lowest BCUT2D eigenvalue weighted by molar-refractivity contribution is -0.127. The molecule has 1 aromatic heterocycles. The Hall–Kier alpha value is -3.00. The minimum absolute atomic E-state index is 0.0289. The van der Waals surface area contributed by atoms with Crippen molar-refractivity contribution in [1.82, 2.24) is 19.7 Å². The number of ether oxygens (including phenoxy) is 1. The Labute approximate surface area is 175 Å². The van der Waals surface area contributed by atoms with Gasteiger partial charge in [0.1, 0.15) is 12.1 Å². The predicted molar refractivity (Wildman–Crippen MR) is 116 cm³/mol. The molecule has 2 aromatic carbocycles. The van der Waals surface area contributed by atoms with Crippen molar-refractivity contribution in [2.24, 2.45) is 0 Å². The van der Waals surface area contributed by atoms with E-state index >= 15 is 0 Å². The molecule has 0 spiro atoms. The summed E-state index contributed by atoms with van der Waals surface area (Å²) in [5.41, 5.74) is 3.06. The number of carbonyl (C=O) groups is 1. The molecule has 1 heterocycles. The molecule has 29 heavy (non-hydrogen) atoms. The van der Waals surface area contributed by atoms with Crippen LogP contribution in [-0.2, 0) is 11.3 Å². The van der Waals surface area contributed by atoms with Gasteiger partial charge in [-0.25, -0.2) is 0 Å². The highest BCUT2D eigenvalue weighted by Crippen LogP contribution is 2.26. The van der Waals surface area contributed by atoms with Crippen LogP contribution in [0.1, 0.15) is 5.56 Å². The van der Waals surface area contributed by atoms with Gasteiger partial charge in [-0.05, 0) is 29.8 Å². The van der Waals surface area contributed by atoms with Crippen molar-refractivity contribution in [2.75, 3.05) is 38.9 Å². The van der Waals surface area contributed by atoms with E-state index in [0.717, 1.165) is 22.7 Å². The molecule has 0 saturated heterocycles. The van der Waals surface area contributed by atoms with E-state index in [9.17, 15) is 4.79 Å². The Bertz CT molecular complexity index is 956. The van der Waals surface area contributed by atoms with Gasteiger partial charge >= 0.3 is 0 Å². The summed E-state index contributed by atoms with van der Waals surface area (Å²) >= 11 is 1.36. The summed E-state index contributed by atoms with van der Waals surface area (Å²) in [5.74, 6) is 1.03. The maximum absolute atomic E-state index is 12.6. The molecule has 0 aliphatic rings. The molecule has 3 aromatic rings. The molecule has 152 valence electrons. The van der Waals surface area contributed by atoms with E-state index in [0.29, 0.717) is 11.7 Å². The fraction of sp³-hybridized carbons (Fsp3) is 0.286. The Kier molecular flexibility index (Phi) is 6.77. The second kappa shape index (κ2) is 9.47. The van der Waals surface area contributed by atoms with E-state index in [1.165, 1.54) is 11.8 Å². The van der Waals surface area contributed by atoms with Gasteiger partial charge in [0.2, 0.25) is 5.91 Å². The first kappa shape index (κ1) is 20.7. The molecule has 0 bridgehead atoms. The zero-order valence-electron chi connectivity index (χ0n) is 17.1. The van der Waals surface area contributed by atoms with E-state index in [4.69, 9.17) is 4.74 Å². The maximum Gasteiger partial charge on any atom is 0.233 e. The van der Waals surface area contributed by atoms with E-state index in [2.05, 4.69) is 22.3 Å². The molecular formula is C21H25N5O2S. The molecule has 0 aliphatic carbocycles. The number of anilines is 1. The normalized spacial score (nSPS) is 10.6. The van der Waals surface area contributed by atoms with Gasteiger partial charge in [-0.3, -0.25) is 9.36 Å². The van der Waals surface area contributed by atoms with Gasteiger partial charge < -0.3 is 14.5 Å². The maximum atomic E-state index is 12.6. The molecule has 0 aliphatic heterocycles. The second-order valence-corrected chi connectivity index (χ2v) is 7.70. The molecule has 8 heteroatoms. The van der Waals surface area contributed by atoms with Crippen LogP contribution in [0.25, 0.3) is 5.69 Å². The monoisotopic (exact) mass is 411 g/mol. The van der Waals surface area contributed by atoms with Gasteiger partial charge in [0.25, 0.3) is 0 Å². The number of nitrogens with zero attached hydrogens (tertiary/aromatic N) is 5. The third-order valence-corrected chi connectivity index (χ3v) is 5.41. The van der Waals surface area contributed by atoms with Crippen LogP contribution in [0.2, 0.25) is 0 Å². The predicted octanol–water partition coefficient (Wildman–Crippen LogP) is 3.09. The second-order valence-electron chi connectivity index (χ2n) is 6.75. The number of thioether (sulfide) groups is 1. The van der Waals surface area contributed by atoms with Crippen molar-refractivity contribution < 1.29 is 9.53 Å². The lowest BCUT2D eigenvalue weighted by Crippen LogP contribution is -2.27. The first-order valence-corrected chi connectivity index (χ1v) is 10.1. The molecule has 0 saturated carbocycles. The van der Waals surface area contributed by atoms with Crippen LogP contribution in [-0.4, -0.2) is 59.6 Å². The van der Waals surface area contributed by atoms with Crippen LogP contribution in [0.15, 0.2) is 60.0 Å². The average molecular weight is 412 g/mol. The van der Waals surface area contributed by atoms with Gasteiger partial charge in [0, 0.05) is 33.4 Å². The summed E-state index contributed by atoms with van der Waals surface area (Å²) in [6.07, 6.45) is 1.63. The molecule has 0 radical (unpaired) electrons. The van der Waals surface area contributed by atoms with Crippen molar-refractivity contribution >= 4 is 23.4 Å². The number of para-hydroxylation sites is 2. The highest BCUT2D eigenvalue weighted by molar-refractivity contribution is 7.99. The van der Waals surface area contributed by atoms with E-state index in [1.54, 1.807) is 18.3 Å². The van der Waals surface area contributed by atoms with Crippen molar-refractivity contribution in [3.8, 4) is 11.4 Å². The molecule has 7 nitrogen and oxygen atoms in total. The lowest BCUT2D eigenvalue weighted by atomic mass is 10.2. The molecular weight excluding hydrogens is 386 g/mol. The van der Waals surface area contributed by atoms with Gasteiger partial charge in [-0.1, -0.05) is 36.0 Å². The Morgan fingerprint density at radius 2 is 1.83 bits per heavy atom. The van der Waals surface area contributed by atoms with Crippen molar-refractivity contribution in [3.05, 3.63) is 60.4 Å². The smallest absolute Gasteiger partial charge is 0.233 e. The average Bonchev–Trinajstić information content (AvgIpc) is 3.20. The number of hydrogen-bond acceptors (Lipinski definition) is 6. The van der Waals surface area contributed by atoms with Crippen LogP contribution < -0.4 is 9.64 Å². The van der Waals surface area contributed by atoms with Gasteiger partial charge in [-0.2, -0.15) is 0 Å². The zero-order chi connectivity index (χ0) is 20.8. The third kappa shape index (κ3) is 5.08. The SMILES string of the molecule is COc1ccccc1-n1cnnc1SCC(=O)N(C)Cc1ccc(N(C)C)cc1. The standard InChI is InChI=1S/C21H25N5O2S/c1-24(2)17-11-9-16(10-12-17)13-25(3)20(27)14-29-21-23-22-15-26(21)18-7-5-6-8-19(18)28-4/h5-12,15H,13-14H2,1-4H3.